The summed E-state index contributed by atoms with van der Waals surface area (Å²) >= 11 is 0. The molecular weight excluding hydrogens is 413 g/mol. The maximum absolute atomic E-state index is 13.5. The SMILES string of the molecule is COCCCN(Cc1c(-c2ccc(F)cc2)noc1N1CCOCC1)C(=O)C1CCCC1. The highest BCUT2D eigenvalue weighted by molar-refractivity contribution is 5.80. The van der Waals surface area contributed by atoms with Crippen molar-refractivity contribution in [2.45, 2.75) is 38.6 Å². The second kappa shape index (κ2) is 10.9. The number of carbonyl (C=O) groups excluding carboxylic acids is 1. The molecule has 0 unspecified atom stereocenters. The minimum absolute atomic E-state index is 0.0820. The maximum Gasteiger partial charge on any atom is 0.233 e. The van der Waals surface area contributed by atoms with E-state index in [1.807, 2.05) is 4.90 Å². The Labute approximate surface area is 188 Å². The molecule has 1 aliphatic carbocycles. The van der Waals surface area contributed by atoms with Crippen molar-refractivity contribution in [3.63, 3.8) is 0 Å². The number of halogens is 1. The number of morpholine rings is 1. The molecule has 0 radical (unpaired) electrons. The molecular formula is C24H32FN3O4. The van der Waals surface area contributed by atoms with Gasteiger partial charge in [-0.2, -0.15) is 0 Å². The third-order valence-corrected chi connectivity index (χ3v) is 6.32. The van der Waals surface area contributed by atoms with Crippen molar-refractivity contribution in [3.8, 4) is 11.3 Å². The predicted molar refractivity (Wildman–Crippen MR) is 119 cm³/mol. The highest BCUT2D eigenvalue weighted by Crippen LogP contribution is 2.34. The molecule has 2 heterocycles. The number of anilines is 1. The van der Waals surface area contributed by atoms with E-state index in [4.69, 9.17) is 14.0 Å². The van der Waals surface area contributed by atoms with Crippen molar-refractivity contribution in [2.24, 2.45) is 5.92 Å². The monoisotopic (exact) mass is 445 g/mol. The minimum atomic E-state index is -0.301. The standard InChI is InChI=1S/C24H32FN3O4/c1-30-14-4-11-28(23(29)19-5-2-3-6-19)17-21-22(18-7-9-20(25)10-8-18)26-32-24(21)27-12-15-31-16-13-27/h7-10,19H,2-6,11-17H2,1H3. The van der Waals surface area contributed by atoms with Gasteiger partial charge < -0.3 is 23.8 Å². The van der Waals surface area contributed by atoms with Crippen LogP contribution in [0.5, 0.6) is 0 Å². The van der Waals surface area contributed by atoms with Gasteiger partial charge in [0.15, 0.2) is 0 Å². The molecule has 1 aliphatic heterocycles. The van der Waals surface area contributed by atoms with Crippen molar-refractivity contribution in [3.05, 3.63) is 35.6 Å². The van der Waals surface area contributed by atoms with Crippen LogP contribution in [-0.2, 0) is 20.8 Å². The van der Waals surface area contributed by atoms with Crippen LogP contribution in [0.15, 0.2) is 28.8 Å². The molecule has 1 saturated heterocycles. The number of carbonyl (C=O) groups is 1. The van der Waals surface area contributed by atoms with Gasteiger partial charge in [-0.1, -0.05) is 18.0 Å². The number of methoxy groups -OCH3 is 1. The average Bonchev–Trinajstić information content (AvgIpc) is 3.50. The molecule has 32 heavy (non-hydrogen) atoms. The molecule has 174 valence electrons. The third kappa shape index (κ3) is 5.30. The Bertz CT molecular complexity index is 874. The Morgan fingerprint density at radius 2 is 1.94 bits per heavy atom. The molecule has 0 N–H and O–H groups in total. The fraction of sp³-hybridized carbons (Fsp3) is 0.583. The lowest BCUT2D eigenvalue weighted by Gasteiger charge is -2.29. The number of amides is 1. The van der Waals surface area contributed by atoms with Gasteiger partial charge in [-0.3, -0.25) is 4.79 Å². The van der Waals surface area contributed by atoms with E-state index in [9.17, 15) is 9.18 Å². The van der Waals surface area contributed by atoms with Crippen molar-refractivity contribution in [2.75, 3.05) is 51.5 Å². The lowest BCUT2D eigenvalue weighted by molar-refractivity contribution is -0.136. The van der Waals surface area contributed by atoms with Crippen molar-refractivity contribution in [1.82, 2.24) is 10.1 Å². The fourth-order valence-electron chi connectivity index (χ4n) is 4.58. The Hall–Kier alpha value is -2.45. The fourth-order valence-corrected chi connectivity index (χ4v) is 4.58. The van der Waals surface area contributed by atoms with Gasteiger partial charge in [-0.15, -0.1) is 0 Å². The molecule has 1 aromatic heterocycles. The first-order valence-electron chi connectivity index (χ1n) is 11.5. The van der Waals surface area contributed by atoms with Crippen LogP contribution in [0.1, 0.15) is 37.7 Å². The zero-order chi connectivity index (χ0) is 22.3. The Morgan fingerprint density at radius 3 is 2.62 bits per heavy atom. The smallest absolute Gasteiger partial charge is 0.233 e. The summed E-state index contributed by atoms with van der Waals surface area (Å²) in [5.74, 6) is 0.643. The minimum Gasteiger partial charge on any atom is -0.385 e. The van der Waals surface area contributed by atoms with Crippen LogP contribution in [0, 0.1) is 11.7 Å². The first kappa shape index (κ1) is 22.7. The van der Waals surface area contributed by atoms with E-state index in [2.05, 4.69) is 10.1 Å². The van der Waals surface area contributed by atoms with Crippen LogP contribution < -0.4 is 4.90 Å². The molecule has 0 atom stereocenters. The van der Waals surface area contributed by atoms with Crippen molar-refractivity contribution >= 4 is 11.8 Å². The highest BCUT2D eigenvalue weighted by atomic mass is 19.1. The lowest BCUT2D eigenvalue weighted by Crippen LogP contribution is -2.38. The number of hydrogen-bond donors (Lipinski definition) is 0. The topological polar surface area (TPSA) is 68.0 Å². The van der Waals surface area contributed by atoms with Crippen LogP contribution >= 0.6 is 0 Å². The lowest BCUT2D eigenvalue weighted by atomic mass is 10.0. The van der Waals surface area contributed by atoms with Gasteiger partial charge in [0.1, 0.15) is 11.5 Å². The third-order valence-electron chi connectivity index (χ3n) is 6.32. The predicted octanol–water partition coefficient (Wildman–Crippen LogP) is 3.87. The van der Waals surface area contributed by atoms with Crippen LogP contribution in [0.3, 0.4) is 0 Å². The molecule has 2 fully saturated rings. The van der Waals surface area contributed by atoms with E-state index in [0.717, 1.165) is 43.2 Å². The normalized spacial score (nSPS) is 17.1. The summed E-state index contributed by atoms with van der Waals surface area (Å²) < 4.78 is 30.1. The second-order valence-corrected chi connectivity index (χ2v) is 8.51. The average molecular weight is 446 g/mol. The number of aromatic nitrogens is 1. The zero-order valence-electron chi connectivity index (χ0n) is 18.7. The van der Waals surface area contributed by atoms with E-state index >= 15 is 0 Å². The summed E-state index contributed by atoms with van der Waals surface area (Å²) in [5.41, 5.74) is 2.29. The van der Waals surface area contributed by atoms with E-state index in [1.165, 1.54) is 12.1 Å². The molecule has 2 aliphatic rings. The molecule has 1 saturated carbocycles. The molecule has 1 amide bonds. The zero-order valence-corrected chi connectivity index (χ0v) is 18.7. The highest BCUT2D eigenvalue weighted by Gasteiger charge is 2.31. The van der Waals surface area contributed by atoms with E-state index in [1.54, 1.807) is 19.2 Å². The van der Waals surface area contributed by atoms with Gasteiger partial charge in [0.25, 0.3) is 0 Å². The van der Waals surface area contributed by atoms with Gasteiger partial charge in [0.2, 0.25) is 11.8 Å². The summed E-state index contributed by atoms with van der Waals surface area (Å²) in [7, 11) is 1.67. The molecule has 8 heteroatoms. The van der Waals surface area contributed by atoms with Gasteiger partial charge >= 0.3 is 0 Å². The number of rotatable bonds is 9. The van der Waals surface area contributed by atoms with E-state index in [0.29, 0.717) is 57.6 Å². The second-order valence-electron chi connectivity index (χ2n) is 8.51. The Kier molecular flexibility index (Phi) is 7.76. The molecule has 7 nitrogen and oxygen atoms in total. The molecule has 0 bridgehead atoms. The molecule has 2 aromatic rings. The van der Waals surface area contributed by atoms with Crippen molar-refractivity contribution < 1.29 is 23.2 Å². The largest absolute Gasteiger partial charge is 0.385 e. The molecule has 4 rings (SSSR count). The Balaban J connectivity index is 1.66. The first-order valence-corrected chi connectivity index (χ1v) is 11.5. The summed E-state index contributed by atoms with van der Waals surface area (Å²) in [6.45, 7) is 4.24. The molecule has 0 spiro atoms. The number of nitrogens with zero attached hydrogens (tertiary/aromatic N) is 3. The van der Waals surface area contributed by atoms with Gasteiger partial charge in [0.05, 0.1) is 25.3 Å². The Morgan fingerprint density at radius 1 is 1.22 bits per heavy atom. The summed E-state index contributed by atoms with van der Waals surface area (Å²) in [5, 5.41) is 4.36. The summed E-state index contributed by atoms with van der Waals surface area (Å²) in [6.07, 6.45) is 4.87. The van der Waals surface area contributed by atoms with Crippen LogP contribution in [0.2, 0.25) is 0 Å². The number of benzene rings is 1. The maximum atomic E-state index is 13.5. The summed E-state index contributed by atoms with van der Waals surface area (Å²) in [4.78, 5) is 17.4. The number of hydrogen-bond acceptors (Lipinski definition) is 6. The van der Waals surface area contributed by atoms with Crippen LogP contribution in [0.4, 0.5) is 10.3 Å². The van der Waals surface area contributed by atoms with Gasteiger partial charge in [0, 0.05) is 44.8 Å². The van der Waals surface area contributed by atoms with Gasteiger partial charge in [-0.05, 0) is 43.5 Å². The summed E-state index contributed by atoms with van der Waals surface area (Å²) in [6, 6.07) is 6.24. The first-order chi connectivity index (χ1) is 15.7. The van der Waals surface area contributed by atoms with Crippen LogP contribution in [0.25, 0.3) is 11.3 Å². The van der Waals surface area contributed by atoms with Crippen LogP contribution in [-0.4, -0.2) is 62.5 Å². The quantitative estimate of drug-likeness (QED) is 0.546. The molecule has 1 aromatic carbocycles. The van der Waals surface area contributed by atoms with Gasteiger partial charge in [-0.25, -0.2) is 4.39 Å². The van der Waals surface area contributed by atoms with Crippen molar-refractivity contribution in [1.29, 1.82) is 0 Å². The van der Waals surface area contributed by atoms with E-state index in [-0.39, 0.29) is 17.6 Å². The number of ether oxygens (including phenoxy) is 2. The van der Waals surface area contributed by atoms with E-state index < -0.39 is 0 Å².